The molecule has 2 amide bonds. The van der Waals surface area contributed by atoms with E-state index in [2.05, 4.69) is 29.9 Å². The molecule has 0 bridgehead atoms. The first-order chi connectivity index (χ1) is 10.3. The van der Waals surface area contributed by atoms with Gasteiger partial charge in [0.2, 0.25) is 0 Å². The maximum atomic E-state index is 11.7. The molecule has 1 aliphatic heterocycles. The molecule has 1 saturated heterocycles. The summed E-state index contributed by atoms with van der Waals surface area (Å²) in [7, 11) is 0. The van der Waals surface area contributed by atoms with Crippen molar-refractivity contribution in [3.63, 3.8) is 0 Å². The first-order valence-corrected chi connectivity index (χ1v) is 7.65. The first kappa shape index (κ1) is 15.8. The molecule has 1 heterocycles. The number of rotatable bonds is 6. The fourth-order valence-corrected chi connectivity index (χ4v) is 2.40. The number of hydrogen-bond donors (Lipinski definition) is 2. The second-order valence-electron chi connectivity index (χ2n) is 5.24. The molecule has 1 aromatic carbocycles. The molecule has 2 N–H and O–H groups in total. The SMILES string of the molecule is CC[C@H](CNC(=O)NO[C@@H]1CCCCO1)c1ccccc1. The zero-order chi connectivity index (χ0) is 14.9. The lowest BCUT2D eigenvalue weighted by molar-refractivity contribution is -0.186. The van der Waals surface area contributed by atoms with Crippen molar-refractivity contribution >= 4 is 6.03 Å². The third-order valence-corrected chi connectivity index (χ3v) is 3.69. The van der Waals surface area contributed by atoms with Gasteiger partial charge >= 0.3 is 6.03 Å². The van der Waals surface area contributed by atoms with Crippen LogP contribution < -0.4 is 10.8 Å². The minimum atomic E-state index is -0.321. The van der Waals surface area contributed by atoms with Gasteiger partial charge in [-0.1, -0.05) is 37.3 Å². The molecular formula is C16H24N2O3. The van der Waals surface area contributed by atoms with Crippen molar-refractivity contribution in [1.29, 1.82) is 0 Å². The van der Waals surface area contributed by atoms with Crippen molar-refractivity contribution in [2.75, 3.05) is 13.2 Å². The molecule has 1 aliphatic rings. The topological polar surface area (TPSA) is 59.6 Å². The van der Waals surface area contributed by atoms with Gasteiger partial charge in [0, 0.05) is 25.5 Å². The zero-order valence-electron chi connectivity index (χ0n) is 12.5. The summed E-state index contributed by atoms with van der Waals surface area (Å²) in [4.78, 5) is 17.0. The van der Waals surface area contributed by atoms with Gasteiger partial charge in [-0.05, 0) is 24.8 Å². The molecule has 1 fully saturated rings. The standard InChI is InChI=1S/C16H24N2O3/c1-2-13(14-8-4-3-5-9-14)12-17-16(19)18-21-15-10-6-7-11-20-15/h3-5,8-9,13,15H,2,6-7,10-12H2,1H3,(H2,17,18,19)/t13-,15-/m1/s1. The van der Waals surface area contributed by atoms with E-state index in [1.165, 1.54) is 5.56 Å². The van der Waals surface area contributed by atoms with Crippen molar-refractivity contribution in [2.45, 2.75) is 44.8 Å². The Morgan fingerprint density at radius 2 is 2.19 bits per heavy atom. The molecule has 21 heavy (non-hydrogen) atoms. The molecule has 2 atom stereocenters. The van der Waals surface area contributed by atoms with Gasteiger partial charge in [-0.3, -0.25) is 0 Å². The molecule has 0 unspecified atom stereocenters. The van der Waals surface area contributed by atoms with Crippen molar-refractivity contribution in [3.05, 3.63) is 35.9 Å². The number of nitrogens with one attached hydrogen (secondary N) is 2. The quantitative estimate of drug-likeness (QED) is 0.793. The highest BCUT2D eigenvalue weighted by atomic mass is 16.8. The van der Waals surface area contributed by atoms with Gasteiger partial charge in [0.25, 0.3) is 0 Å². The summed E-state index contributed by atoms with van der Waals surface area (Å²) in [5.41, 5.74) is 3.64. The summed E-state index contributed by atoms with van der Waals surface area (Å²) in [6, 6.07) is 9.87. The van der Waals surface area contributed by atoms with Crippen molar-refractivity contribution < 1.29 is 14.4 Å². The van der Waals surface area contributed by atoms with Crippen molar-refractivity contribution in [1.82, 2.24) is 10.8 Å². The van der Waals surface area contributed by atoms with Gasteiger partial charge in [0.1, 0.15) is 0 Å². The summed E-state index contributed by atoms with van der Waals surface area (Å²) in [6.07, 6.45) is 3.60. The van der Waals surface area contributed by atoms with E-state index in [0.29, 0.717) is 19.1 Å². The summed E-state index contributed by atoms with van der Waals surface area (Å²) >= 11 is 0. The van der Waals surface area contributed by atoms with E-state index in [-0.39, 0.29) is 12.3 Å². The lowest BCUT2D eigenvalue weighted by Crippen LogP contribution is -2.41. The van der Waals surface area contributed by atoms with E-state index >= 15 is 0 Å². The second-order valence-corrected chi connectivity index (χ2v) is 5.24. The average molecular weight is 292 g/mol. The maximum Gasteiger partial charge on any atom is 0.338 e. The van der Waals surface area contributed by atoms with Gasteiger partial charge in [-0.25, -0.2) is 15.1 Å². The van der Waals surface area contributed by atoms with Gasteiger partial charge < -0.3 is 10.1 Å². The van der Waals surface area contributed by atoms with E-state index in [4.69, 9.17) is 9.57 Å². The van der Waals surface area contributed by atoms with Gasteiger partial charge in [-0.15, -0.1) is 0 Å². The minimum Gasteiger partial charge on any atom is -0.350 e. The first-order valence-electron chi connectivity index (χ1n) is 7.65. The van der Waals surface area contributed by atoms with Crippen LogP contribution in [0.3, 0.4) is 0 Å². The van der Waals surface area contributed by atoms with Crippen LogP contribution in [0.1, 0.15) is 44.1 Å². The number of ether oxygens (including phenoxy) is 1. The Kier molecular flexibility index (Phi) is 6.50. The van der Waals surface area contributed by atoms with Gasteiger partial charge in [-0.2, -0.15) is 0 Å². The molecule has 0 radical (unpaired) electrons. The van der Waals surface area contributed by atoms with Crippen molar-refractivity contribution in [3.8, 4) is 0 Å². The Hall–Kier alpha value is -1.59. The van der Waals surface area contributed by atoms with E-state index < -0.39 is 0 Å². The Morgan fingerprint density at radius 3 is 2.86 bits per heavy atom. The molecule has 5 nitrogen and oxygen atoms in total. The highest BCUT2D eigenvalue weighted by Crippen LogP contribution is 2.17. The van der Waals surface area contributed by atoms with Crippen molar-refractivity contribution in [2.24, 2.45) is 0 Å². The number of amides is 2. The summed E-state index contributed by atoms with van der Waals surface area (Å²) in [5, 5.41) is 2.84. The fourth-order valence-electron chi connectivity index (χ4n) is 2.40. The largest absolute Gasteiger partial charge is 0.350 e. The molecule has 2 rings (SSSR count). The minimum absolute atomic E-state index is 0.308. The van der Waals surface area contributed by atoms with Gasteiger partial charge in [0.05, 0.1) is 0 Å². The van der Waals surface area contributed by atoms with Crippen LogP contribution in [0.5, 0.6) is 0 Å². The van der Waals surface area contributed by atoms with Gasteiger partial charge in [0.15, 0.2) is 6.29 Å². The van der Waals surface area contributed by atoms with E-state index in [1.54, 1.807) is 0 Å². The second kappa shape index (κ2) is 8.64. The number of hydroxylamine groups is 1. The Bertz CT molecular complexity index is 419. The Labute approximate surface area is 126 Å². The van der Waals surface area contributed by atoms with Crippen LogP contribution >= 0.6 is 0 Å². The van der Waals surface area contributed by atoms with E-state index in [9.17, 15) is 4.79 Å². The highest BCUT2D eigenvalue weighted by molar-refractivity contribution is 5.72. The van der Waals surface area contributed by atoms with Crippen LogP contribution in [0.4, 0.5) is 4.79 Å². The van der Waals surface area contributed by atoms with Crippen LogP contribution in [0.15, 0.2) is 30.3 Å². The smallest absolute Gasteiger partial charge is 0.338 e. The van der Waals surface area contributed by atoms with E-state index in [1.807, 2.05) is 18.2 Å². The van der Waals surface area contributed by atoms with Crippen LogP contribution in [0.2, 0.25) is 0 Å². The third-order valence-electron chi connectivity index (χ3n) is 3.69. The van der Waals surface area contributed by atoms with Crippen LogP contribution in [0, 0.1) is 0 Å². The molecule has 0 spiro atoms. The molecule has 116 valence electrons. The third kappa shape index (κ3) is 5.36. The normalized spacial score (nSPS) is 19.8. The Morgan fingerprint density at radius 1 is 1.38 bits per heavy atom. The maximum absolute atomic E-state index is 11.7. The monoisotopic (exact) mass is 292 g/mol. The highest BCUT2D eigenvalue weighted by Gasteiger charge is 2.16. The van der Waals surface area contributed by atoms with Crippen LogP contribution in [0.25, 0.3) is 0 Å². The Balaban J connectivity index is 1.69. The number of urea groups is 1. The summed E-state index contributed by atoms with van der Waals surface area (Å²) in [6.45, 7) is 3.39. The summed E-state index contributed by atoms with van der Waals surface area (Å²) in [5.74, 6) is 0.308. The number of benzene rings is 1. The predicted octanol–water partition coefficient (Wildman–Crippen LogP) is 2.94. The lowest BCUT2D eigenvalue weighted by Gasteiger charge is -2.22. The average Bonchev–Trinajstić information content (AvgIpc) is 2.55. The molecule has 0 aromatic heterocycles. The van der Waals surface area contributed by atoms with Crippen LogP contribution in [-0.4, -0.2) is 25.5 Å². The fraction of sp³-hybridized carbons (Fsp3) is 0.562. The predicted molar refractivity (Wildman–Crippen MR) is 80.7 cm³/mol. The summed E-state index contributed by atoms with van der Waals surface area (Å²) < 4.78 is 5.38. The number of carbonyl (C=O) groups excluding carboxylic acids is 1. The molecule has 0 aliphatic carbocycles. The van der Waals surface area contributed by atoms with E-state index in [0.717, 1.165) is 25.7 Å². The molecular weight excluding hydrogens is 268 g/mol. The molecule has 0 saturated carbocycles. The molecule has 1 aromatic rings. The lowest BCUT2D eigenvalue weighted by atomic mass is 9.97. The zero-order valence-corrected chi connectivity index (χ0v) is 12.5. The molecule has 5 heteroatoms. The number of carbonyl (C=O) groups is 1. The number of hydrogen-bond acceptors (Lipinski definition) is 3. The van der Waals surface area contributed by atoms with Crippen LogP contribution in [-0.2, 0) is 9.57 Å².